The van der Waals surface area contributed by atoms with E-state index >= 15 is 0 Å². The Bertz CT molecular complexity index is 1190. The van der Waals surface area contributed by atoms with Crippen molar-refractivity contribution in [3.8, 4) is 11.5 Å². The monoisotopic (exact) mass is 442 g/mol. The number of nitrogens with zero attached hydrogens (tertiary/aromatic N) is 1. The molecule has 5 rings (SSSR count). The number of hydrogen-bond acceptors (Lipinski definition) is 5. The summed E-state index contributed by atoms with van der Waals surface area (Å²) in [6, 6.07) is 20.5. The molecule has 0 fully saturated rings. The third-order valence-electron chi connectivity index (χ3n) is 6.61. The van der Waals surface area contributed by atoms with Crippen LogP contribution in [-0.2, 0) is 6.42 Å². The molecule has 3 unspecified atom stereocenters. The summed E-state index contributed by atoms with van der Waals surface area (Å²) in [5.41, 5.74) is 3.99. The van der Waals surface area contributed by atoms with E-state index in [0.29, 0.717) is 12.2 Å². The number of non-ortho nitro benzene ring substituents is 1. The van der Waals surface area contributed by atoms with Crippen LogP contribution in [0, 0.1) is 16.0 Å². The van der Waals surface area contributed by atoms with Crippen molar-refractivity contribution in [3.05, 3.63) is 106 Å². The normalized spacial score (nSPS) is 20.5. The average Bonchev–Trinajstić information content (AvgIpc) is 3.33. The van der Waals surface area contributed by atoms with Gasteiger partial charge in [-0.1, -0.05) is 42.5 Å². The molecule has 0 amide bonds. The molecule has 0 aromatic heterocycles. The number of allylic oxidation sites excluding steroid dienone is 2. The third kappa shape index (κ3) is 4.29. The van der Waals surface area contributed by atoms with Crippen LogP contribution in [0.4, 0.5) is 11.4 Å². The summed E-state index contributed by atoms with van der Waals surface area (Å²) < 4.78 is 6.05. The molecule has 0 spiro atoms. The maximum Gasteiger partial charge on any atom is 0.270 e. The molecule has 3 atom stereocenters. The fourth-order valence-electron chi connectivity index (χ4n) is 4.99. The van der Waals surface area contributed by atoms with E-state index < -0.39 is 4.92 Å². The van der Waals surface area contributed by atoms with E-state index in [1.165, 1.54) is 23.8 Å². The first-order chi connectivity index (χ1) is 16.1. The Morgan fingerprint density at radius 1 is 1.06 bits per heavy atom. The number of phenols is 1. The fraction of sp³-hybridized carbons (Fsp3) is 0.259. The molecule has 0 radical (unpaired) electrons. The predicted octanol–water partition coefficient (Wildman–Crippen LogP) is 6.14. The molecule has 0 saturated carbocycles. The number of nitro benzene ring substituents is 1. The molecule has 1 aliphatic carbocycles. The molecule has 0 saturated heterocycles. The number of hydrogen-bond donors (Lipinski definition) is 2. The van der Waals surface area contributed by atoms with Gasteiger partial charge in [-0.05, 0) is 60.6 Å². The van der Waals surface area contributed by atoms with Crippen LogP contribution in [0.2, 0.25) is 0 Å². The fourth-order valence-corrected chi connectivity index (χ4v) is 4.99. The Kier molecular flexibility index (Phi) is 5.73. The van der Waals surface area contributed by atoms with Crippen LogP contribution in [0.3, 0.4) is 0 Å². The van der Waals surface area contributed by atoms with Gasteiger partial charge in [0.2, 0.25) is 0 Å². The second-order valence-corrected chi connectivity index (χ2v) is 8.66. The van der Waals surface area contributed by atoms with Crippen molar-refractivity contribution < 1.29 is 14.8 Å². The maximum atomic E-state index is 11.3. The molecule has 168 valence electrons. The topological polar surface area (TPSA) is 84.6 Å². The van der Waals surface area contributed by atoms with E-state index in [4.69, 9.17) is 4.74 Å². The van der Waals surface area contributed by atoms with Gasteiger partial charge in [0.15, 0.2) is 0 Å². The van der Waals surface area contributed by atoms with Crippen LogP contribution < -0.4 is 10.1 Å². The van der Waals surface area contributed by atoms with Crippen LogP contribution in [0.15, 0.2) is 78.9 Å². The summed E-state index contributed by atoms with van der Waals surface area (Å²) in [6.45, 7) is 0.648. The first kappa shape index (κ1) is 21.1. The highest BCUT2D eigenvalue weighted by molar-refractivity contribution is 5.63. The van der Waals surface area contributed by atoms with Gasteiger partial charge in [0.05, 0.1) is 17.6 Å². The minimum Gasteiger partial charge on any atom is -0.508 e. The molecule has 33 heavy (non-hydrogen) atoms. The van der Waals surface area contributed by atoms with Crippen molar-refractivity contribution in [2.45, 2.75) is 31.2 Å². The summed E-state index contributed by atoms with van der Waals surface area (Å²) in [5.74, 6) is 1.25. The first-order valence-corrected chi connectivity index (χ1v) is 11.3. The van der Waals surface area contributed by atoms with E-state index in [0.717, 1.165) is 36.3 Å². The lowest BCUT2D eigenvalue weighted by Crippen LogP contribution is -2.29. The molecule has 2 N–H and O–H groups in total. The smallest absolute Gasteiger partial charge is 0.270 e. The van der Waals surface area contributed by atoms with Crippen molar-refractivity contribution in [1.82, 2.24) is 0 Å². The predicted molar refractivity (Wildman–Crippen MR) is 128 cm³/mol. The molecular weight excluding hydrogens is 416 g/mol. The first-order valence-electron chi connectivity index (χ1n) is 11.3. The summed E-state index contributed by atoms with van der Waals surface area (Å²) in [7, 11) is 0. The second-order valence-electron chi connectivity index (χ2n) is 8.66. The van der Waals surface area contributed by atoms with Crippen molar-refractivity contribution in [3.63, 3.8) is 0 Å². The van der Waals surface area contributed by atoms with Crippen LogP contribution in [-0.4, -0.2) is 16.6 Å². The number of fused-ring (bicyclic) bond motifs is 3. The average molecular weight is 443 g/mol. The quantitative estimate of drug-likeness (QED) is 0.199. The van der Waals surface area contributed by atoms with Crippen LogP contribution in [0.25, 0.3) is 0 Å². The molecule has 2 aliphatic rings. The van der Waals surface area contributed by atoms with Gasteiger partial charge in [0, 0.05) is 29.3 Å². The Morgan fingerprint density at radius 3 is 2.73 bits per heavy atom. The second kappa shape index (κ2) is 8.98. The van der Waals surface area contributed by atoms with E-state index in [1.54, 1.807) is 0 Å². The van der Waals surface area contributed by atoms with Crippen molar-refractivity contribution in [2.75, 3.05) is 11.9 Å². The molecule has 1 aliphatic heterocycles. The Hall–Kier alpha value is -3.80. The number of benzene rings is 3. The van der Waals surface area contributed by atoms with Gasteiger partial charge in [-0.3, -0.25) is 10.1 Å². The highest BCUT2D eigenvalue weighted by Gasteiger charge is 2.39. The number of rotatable bonds is 7. The zero-order valence-corrected chi connectivity index (χ0v) is 18.2. The minimum absolute atomic E-state index is 0.0165. The standard InChI is InChI=1S/C27H26N2O4/c30-26-14-11-19(29(31)32)16-24(26)27-22-10-4-9-21(22)23-17-20(12-13-25(23)28-27)33-15-5-8-18-6-2-1-3-7-18/h1-4,6-7,9,11-14,16-17,21-22,27-28,30H,5,8,10,15H2. The number of ether oxygens (including phenoxy) is 1. The lowest BCUT2D eigenvalue weighted by atomic mass is 9.76. The summed E-state index contributed by atoms with van der Waals surface area (Å²) >= 11 is 0. The molecule has 0 bridgehead atoms. The zero-order chi connectivity index (χ0) is 22.8. The SMILES string of the molecule is O=[N+]([O-])c1ccc(O)c(C2Nc3ccc(OCCCc4ccccc4)cc3C3C=CCC32)c1. The van der Waals surface area contributed by atoms with Crippen molar-refractivity contribution >= 4 is 11.4 Å². The van der Waals surface area contributed by atoms with Crippen molar-refractivity contribution in [2.24, 2.45) is 5.92 Å². The van der Waals surface area contributed by atoms with Crippen molar-refractivity contribution in [1.29, 1.82) is 0 Å². The minimum atomic E-state index is -0.425. The zero-order valence-electron chi connectivity index (χ0n) is 18.2. The molecule has 1 heterocycles. The summed E-state index contributed by atoms with van der Waals surface area (Å²) in [6.07, 6.45) is 7.12. The highest BCUT2D eigenvalue weighted by atomic mass is 16.6. The highest BCUT2D eigenvalue weighted by Crippen LogP contribution is 2.52. The number of anilines is 1. The van der Waals surface area contributed by atoms with Gasteiger partial charge in [-0.25, -0.2) is 0 Å². The molecule has 3 aromatic rings. The summed E-state index contributed by atoms with van der Waals surface area (Å²) in [5, 5.41) is 25.3. The number of aromatic hydroxyl groups is 1. The molecule has 6 nitrogen and oxygen atoms in total. The summed E-state index contributed by atoms with van der Waals surface area (Å²) in [4.78, 5) is 10.9. The van der Waals surface area contributed by atoms with Gasteiger partial charge < -0.3 is 15.2 Å². The van der Waals surface area contributed by atoms with Crippen LogP contribution in [0.1, 0.15) is 41.5 Å². The van der Waals surface area contributed by atoms with Gasteiger partial charge in [-0.2, -0.15) is 0 Å². The number of phenolic OH excluding ortho intramolecular Hbond substituents is 1. The van der Waals surface area contributed by atoms with Crippen LogP contribution >= 0.6 is 0 Å². The molecular formula is C27H26N2O4. The van der Waals surface area contributed by atoms with Gasteiger partial charge >= 0.3 is 0 Å². The Morgan fingerprint density at radius 2 is 1.91 bits per heavy atom. The maximum absolute atomic E-state index is 11.3. The van der Waals surface area contributed by atoms with Crippen LogP contribution in [0.5, 0.6) is 11.5 Å². The van der Waals surface area contributed by atoms with Gasteiger partial charge in [0.1, 0.15) is 11.5 Å². The van der Waals surface area contributed by atoms with Gasteiger partial charge in [-0.15, -0.1) is 0 Å². The van der Waals surface area contributed by atoms with E-state index in [9.17, 15) is 15.2 Å². The molecule has 3 aromatic carbocycles. The van der Waals surface area contributed by atoms with Gasteiger partial charge in [0.25, 0.3) is 5.69 Å². The number of nitrogens with one attached hydrogen (secondary N) is 1. The Balaban J connectivity index is 1.33. The third-order valence-corrected chi connectivity index (χ3v) is 6.61. The lowest BCUT2D eigenvalue weighted by molar-refractivity contribution is -0.385. The molecule has 6 heteroatoms. The largest absolute Gasteiger partial charge is 0.508 e. The van der Waals surface area contributed by atoms with E-state index in [-0.39, 0.29) is 29.3 Å². The van der Waals surface area contributed by atoms with E-state index in [1.807, 2.05) is 18.2 Å². The number of aryl methyl sites for hydroxylation is 1. The lowest BCUT2D eigenvalue weighted by Gasteiger charge is -2.37. The Labute approximate surface area is 192 Å². The number of nitro groups is 1. The van der Waals surface area contributed by atoms with E-state index in [2.05, 4.69) is 47.8 Å².